The van der Waals surface area contributed by atoms with Crippen molar-refractivity contribution in [2.45, 2.75) is 31.2 Å². The summed E-state index contributed by atoms with van der Waals surface area (Å²) in [6, 6.07) is 13.9. The van der Waals surface area contributed by atoms with Crippen LogP contribution in [0.5, 0.6) is 0 Å². The Hall–Kier alpha value is -2.29. The standard InChI is InChI=1S/C21H20N2OS2/c1-5-12-23-17-11-10-15(14(2)3)13-19(17)26-21(23)22-20(24)16-8-6-7-9-18(16)25-4/h1,6-11,13-14H,12H2,2-4H3. The summed E-state index contributed by atoms with van der Waals surface area (Å²) in [4.78, 5) is 18.7. The number of carbonyl (C=O) groups excluding carboxylic acids is 1. The van der Waals surface area contributed by atoms with Crippen LogP contribution in [0.2, 0.25) is 0 Å². The molecule has 1 aromatic heterocycles. The molecule has 0 aliphatic heterocycles. The van der Waals surface area contributed by atoms with Crippen LogP contribution in [0.15, 0.2) is 52.4 Å². The Morgan fingerprint density at radius 1 is 1.31 bits per heavy atom. The van der Waals surface area contributed by atoms with Crippen molar-refractivity contribution in [3.8, 4) is 12.3 Å². The molecule has 0 aliphatic rings. The molecule has 2 aromatic carbocycles. The van der Waals surface area contributed by atoms with Gasteiger partial charge in [0, 0.05) is 4.90 Å². The molecule has 0 bridgehead atoms. The topological polar surface area (TPSA) is 34.4 Å². The molecule has 3 nitrogen and oxygen atoms in total. The molecule has 0 saturated carbocycles. The molecular weight excluding hydrogens is 360 g/mol. The average molecular weight is 381 g/mol. The van der Waals surface area contributed by atoms with Crippen LogP contribution in [0.1, 0.15) is 35.7 Å². The van der Waals surface area contributed by atoms with Gasteiger partial charge in [-0.15, -0.1) is 18.2 Å². The van der Waals surface area contributed by atoms with E-state index in [0.717, 1.165) is 15.1 Å². The van der Waals surface area contributed by atoms with E-state index in [-0.39, 0.29) is 5.91 Å². The first-order valence-corrected chi connectivity index (χ1v) is 10.4. The number of aromatic nitrogens is 1. The third kappa shape index (κ3) is 3.62. The summed E-state index contributed by atoms with van der Waals surface area (Å²) in [7, 11) is 0. The molecule has 0 fully saturated rings. The van der Waals surface area contributed by atoms with Gasteiger partial charge in [0.05, 0.1) is 22.3 Å². The molecule has 0 saturated heterocycles. The molecule has 3 rings (SSSR count). The van der Waals surface area contributed by atoms with Gasteiger partial charge < -0.3 is 4.57 Å². The van der Waals surface area contributed by atoms with Crippen molar-refractivity contribution in [3.63, 3.8) is 0 Å². The Labute approximate surface area is 161 Å². The Bertz CT molecular complexity index is 1070. The van der Waals surface area contributed by atoms with E-state index in [1.54, 1.807) is 11.8 Å². The number of carbonyl (C=O) groups is 1. The van der Waals surface area contributed by atoms with Crippen LogP contribution in [0, 0.1) is 12.3 Å². The van der Waals surface area contributed by atoms with Crippen molar-refractivity contribution in [1.82, 2.24) is 4.57 Å². The highest BCUT2D eigenvalue weighted by Gasteiger charge is 2.12. The Balaban J connectivity index is 2.16. The zero-order valence-corrected chi connectivity index (χ0v) is 16.7. The maximum absolute atomic E-state index is 12.8. The molecule has 3 aromatic rings. The van der Waals surface area contributed by atoms with E-state index in [1.165, 1.54) is 16.9 Å². The van der Waals surface area contributed by atoms with Crippen LogP contribution in [0.25, 0.3) is 10.2 Å². The van der Waals surface area contributed by atoms with Gasteiger partial charge >= 0.3 is 0 Å². The predicted molar refractivity (Wildman–Crippen MR) is 111 cm³/mol. The molecule has 0 aliphatic carbocycles. The maximum atomic E-state index is 12.8. The van der Waals surface area contributed by atoms with E-state index in [2.05, 4.69) is 43.0 Å². The fourth-order valence-corrected chi connectivity index (χ4v) is 4.41. The van der Waals surface area contributed by atoms with Gasteiger partial charge in [0.1, 0.15) is 0 Å². The molecule has 0 unspecified atom stereocenters. The van der Waals surface area contributed by atoms with Crippen LogP contribution >= 0.6 is 23.1 Å². The van der Waals surface area contributed by atoms with Gasteiger partial charge in [0.25, 0.3) is 5.91 Å². The molecule has 26 heavy (non-hydrogen) atoms. The van der Waals surface area contributed by atoms with Crippen molar-refractivity contribution in [3.05, 3.63) is 58.4 Å². The predicted octanol–water partition coefficient (Wildman–Crippen LogP) is 4.92. The van der Waals surface area contributed by atoms with Crippen molar-refractivity contribution in [2.75, 3.05) is 6.26 Å². The van der Waals surface area contributed by atoms with Crippen molar-refractivity contribution >= 4 is 39.2 Å². The highest BCUT2D eigenvalue weighted by atomic mass is 32.2. The molecule has 0 atom stereocenters. The summed E-state index contributed by atoms with van der Waals surface area (Å²) in [5, 5.41) is 0. The van der Waals surface area contributed by atoms with Gasteiger partial charge in [0.15, 0.2) is 4.80 Å². The molecule has 1 amide bonds. The first-order valence-electron chi connectivity index (χ1n) is 8.34. The molecule has 0 spiro atoms. The largest absolute Gasteiger partial charge is 0.305 e. The fourth-order valence-electron chi connectivity index (χ4n) is 2.75. The number of fused-ring (bicyclic) bond motifs is 1. The first-order chi connectivity index (χ1) is 12.5. The quantitative estimate of drug-likeness (QED) is 0.475. The van der Waals surface area contributed by atoms with Crippen LogP contribution in [0.3, 0.4) is 0 Å². The molecule has 0 N–H and O–H groups in total. The normalized spacial score (nSPS) is 11.9. The highest BCUT2D eigenvalue weighted by Crippen LogP contribution is 2.24. The van der Waals surface area contributed by atoms with Crippen LogP contribution in [0.4, 0.5) is 0 Å². The van der Waals surface area contributed by atoms with E-state index >= 15 is 0 Å². The highest BCUT2D eigenvalue weighted by molar-refractivity contribution is 7.98. The second-order valence-corrected chi connectivity index (χ2v) is 8.03. The minimum atomic E-state index is -0.239. The molecule has 1 heterocycles. The number of hydrogen-bond donors (Lipinski definition) is 0. The monoisotopic (exact) mass is 380 g/mol. The zero-order valence-electron chi connectivity index (χ0n) is 15.0. The lowest BCUT2D eigenvalue weighted by Gasteiger charge is -2.05. The van der Waals surface area contributed by atoms with Gasteiger partial charge in [-0.3, -0.25) is 4.79 Å². The summed E-state index contributed by atoms with van der Waals surface area (Å²) in [6.45, 7) is 4.72. The number of terminal acetylenes is 1. The van der Waals surface area contributed by atoms with Crippen LogP contribution in [-0.2, 0) is 6.54 Å². The molecular formula is C21H20N2OS2. The fraction of sp³-hybridized carbons (Fsp3) is 0.238. The van der Waals surface area contributed by atoms with Crippen molar-refractivity contribution in [2.24, 2.45) is 4.99 Å². The molecule has 132 valence electrons. The summed E-state index contributed by atoms with van der Waals surface area (Å²) < 4.78 is 3.03. The van der Waals surface area contributed by atoms with Gasteiger partial charge in [-0.2, -0.15) is 4.99 Å². The summed E-state index contributed by atoms with van der Waals surface area (Å²) in [5.74, 6) is 2.87. The van der Waals surface area contributed by atoms with Crippen LogP contribution in [-0.4, -0.2) is 16.7 Å². The number of rotatable bonds is 4. The minimum absolute atomic E-state index is 0.239. The van der Waals surface area contributed by atoms with Gasteiger partial charge in [-0.25, -0.2) is 0 Å². The summed E-state index contributed by atoms with van der Waals surface area (Å²) >= 11 is 3.05. The number of benzene rings is 2. The van der Waals surface area contributed by atoms with E-state index in [4.69, 9.17) is 6.42 Å². The van der Waals surface area contributed by atoms with Crippen LogP contribution < -0.4 is 4.80 Å². The third-order valence-electron chi connectivity index (χ3n) is 4.16. The lowest BCUT2D eigenvalue weighted by Crippen LogP contribution is -2.16. The Kier molecular flexibility index (Phi) is 5.65. The second-order valence-electron chi connectivity index (χ2n) is 6.17. The second kappa shape index (κ2) is 7.94. The van der Waals surface area contributed by atoms with E-state index in [9.17, 15) is 4.79 Å². The molecule has 5 heteroatoms. The number of nitrogens with zero attached hydrogens (tertiary/aromatic N) is 2. The van der Waals surface area contributed by atoms with Gasteiger partial charge in [-0.05, 0) is 42.0 Å². The van der Waals surface area contributed by atoms with E-state index in [1.807, 2.05) is 35.1 Å². The van der Waals surface area contributed by atoms with Gasteiger partial charge in [0.2, 0.25) is 0 Å². The third-order valence-corrected chi connectivity index (χ3v) is 5.99. The van der Waals surface area contributed by atoms with E-state index in [0.29, 0.717) is 22.8 Å². The van der Waals surface area contributed by atoms with Crippen molar-refractivity contribution < 1.29 is 4.79 Å². The summed E-state index contributed by atoms with van der Waals surface area (Å²) in [5.41, 5.74) is 2.90. The lowest BCUT2D eigenvalue weighted by molar-refractivity contribution is 0.0995. The van der Waals surface area contributed by atoms with Gasteiger partial charge in [-0.1, -0.05) is 49.3 Å². The number of hydrogen-bond acceptors (Lipinski definition) is 3. The number of amides is 1. The average Bonchev–Trinajstić information content (AvgIpc) is 2.98. The van der Waals surface area contributed by atoms with Crippen molar-refractivity contribution in [1.29, 1.82) is 0 Å². The van der Waals surface area contributed by atoms with E-state index < -0.39 is 0 Å². The SMILES string of the molecule is C#CCn1c(=NC(=O)c2ccccc2SC)sc2cc(C(C)C)ccc21. The Morgan fingerprint density at radius 3 is 2.77 bits per heavy atom. The number of thiazole rings is 1. The number of thioether (sulfide) groups is 1. The molecule has 0 radical (unpaired) electrons. The first kappa shape index (κ1) is 18.5. The minimum Gasteiger partial charge on any atom is -0.305 e. The zero-order chi connectivity index (χ0) is 18.7. The Morgan fingerprint density at radius 2 is 2.08 bits per heavy atom. The summed E-state index contributed by atoms with van der Waals surface area (Å²) in [6.07, 6.45) is 7.51. The lowest BCUT2D eigenvalue weighted by atomic mass is 10.0. The maximum Gasteiger partial charge on any atom is 0.280 e. The smallest absolute Gasteiger partial charge is 0.280 e.